The highest BCUT2D eigenvalue weighted by Gasteiger charge is 2.38. The molecule has 2 amide bonds. The van der Waals surface area contributed by atoms with E-state index in [1.54, 1.807) is 24.3 Å². The molecule has 2 fully saturated rings. The number of hydrogen-bond acceptors (Lipinski definition) is 5. The van der Waals surface area contributed by atoms with Crippen LogP contribution in [0.3, 0.4) is 0 Å². The predicted molar refractivity (Wildman–Crippen MR) is 134 cm³/mol. The van der Waals surface area contributed by atoms with Gasteiger partial charge in [-0.3, -0.25) is 14.5 Å². The van der Waals surface area contributed by atoms with E-state index in [0.29, 0.717) is 50.0 Å². The monoisotopic (exact) mass is 497 g/mol. The number of carbonyl (C=O) groups excluding carboxylic acids is 2. The summed E-state index contributed by atoms with van der Waals surface area (Å²) in [5, 5.41) is 3.94. The number of halogens is 1. The zero-order valence-electron chi connectivity index (χ0n) is 19.9. The first-order chi connectivity index (χ1) is 17.0. The lowest BCUT2D eigenvalue weighted by atomic mass is 9.87. The highest BCUT2D eigenvalue weighted by molar-refractivity contribution is 6.30. The third-order valence-electron chi connectivity index (χ3n) is 7.25. The molecular formula is C27H32ClN3O4. The second kappa shape index (κ2) is 10.5. The van der Waals surface area contributed by atoms with Gasteiger partial charge in [0.2, 0.25) is 5.91 Å². The van der Waals surface area contributed by atoms with Crippen LogP contribution in [0.2, 0.25) is 5.02 Å². The van der Waals surface area contributed by atoms with Crippen molar-refractivity contribution in [2.45, 2.75) is 37.6 Å². The zero-order chi connectivity index (χ0) is 24.3. The molecule has 5 rings (SSSR count). The number of rotatable bonds is 5. The Morgan fingerprint density at radius 2 is 1.71 bits per heavy atom. The van der Waals surface area contributed by atoms with Crippen LogP contribution in [0.25, 0.3) is 0 Å². The fourth-order valence-corrected chi connectivity index (χ4v) is 5.64. The number of carbonyl (C=O) groups is 2. The van der Waals surface area contributed by atoms with E-state index in [0.717, 1.165) is 55.7 Å². The molecule has 186 valence electrons. The molecule has 1 N–H and O–H groups in total. The van der Waals surface area contributed by atoms with Gasteiger partial charge in [0.25, 0.3) is 5.91 Å². The van der Waals surface area contributed by atoms with Crippen molar-refractivity contribution in [3.05, 3.63) is 58.6 Å². The Labute approximate surface area is 211 Å². The van der Waals surface area contributed by atoms with Crippen molar-refractivity contribution in [3.8, 4) is 11.5 Å². The predicted octanol–water partition coefficient (Wildman–Crippen LogP) is 3.84. The van der Waals surface area contributed by atoms with Crippen LogP contribution in [0.1, 0.15) is 48.0 Å². The molecule has 0 aromatic heterocycles. The molecule has 2 aromatic rings. The minimum Gasteiger partial charge on any atom is -0.486 e. The Morgan fingerprint density at radius 3 is 2.51 bits per heavy atom. The topological polar surface area (TPSA) is 71.1 Å². The Bertz CT molecular complexity index is 1090. The lowest BCUT2D eigenvalue weighted by Gasteiger charge is -2.33. The first kappa shape index (κ1) is 23.9. The maximum Gasteiger partial charge on any atom is 0.253 e. The molecule has 0 spiro atoms. The summed E-state index contributed by atoms with van der Waals surface area (Å²) in [6.07, 6.45) is 4.82. The van der Waals surface area contributed by atoms with Crippen LogP contribution in [0.15, 0.2) is 42.5 Å². The van der Waals surface area contributed by atoms with Gasteiger partial charge in [0, 0.05) is 36.8 Å². The van der Waals surface area contributed by atoms with Gasteiger partial charge < -0.3 is 19.7 Å². The van der Waals surface area contributed by atoms with Gasteiger partial charge in [0.1, 0.15) is 13.2 Å². The van der Waals surface area contributed by atoms with Crippen molar-refractivity contribution < 1.29 is 19.1 Å². The molecule has 7 nitrogen and oxygen atoms in total. The second-order valence-electron chi connectivity index (χ2n) is 9.63. The van der Waals surface area contributed by atoms with E-state index in [1.807, 2.05) is 17.0 Å². The molecule has 2 aliphatic heterocycles. The lowest BCUT2D eigenvalue weighted by Crippen LogP contribution is -2.48. The van der Waals surface area contributed by atoms with Crippen LogP contribution >= 0.6 is 11.6 Å². The van der Waals surface area contributed by atoms with Gasteiger partial charge in [0.05, 0.1) is 12.1 Å². The summed E-state index contributed by atoms with van der Waals surface area (Å²) in [5.74, 6) is 1.53. The molecule has 0 atom stereocenters. The fourth-order valence-electron chi connectivity index (χ4n) is 5.45. The zero-order valence-corrected chi connectivity index (χ0v) is 20.7. The molecule has 0 unspecified atom stereocenters. The summed E-state index contributed by atoms with van der Waals surface area (Å²) in [6.45, 7) is 4.14. The van der Waals surface area contributed by atoms with E-state index in [9.17, 15) is 9.59 Å². The standard InChI is InChI=1S/C27H32ClN3O4/c28-22-6-3-5-20(17-22)26(33)31-12-4-11-30(13-14-31)19-25(32)29-27(9-1-2-10-27)21-7-8-23-24(18-21)35-16-15-34-23/h3,5-8,17-18H,1-2,4,9-16,19H2,(H,29,32). The van der Waals surface area contributed by atoms with E-state index >= 15 is 0 Å². The van der Waals surface area contributed by atoms with E-state index in [1.165, 1.54) is 0 Å². The van der Waals surface area contributed by atoms with Gasteiger partial charge in [-0.15, -0.1) is 0 Å². The van der Waals surface area contributed by atoms with Crippen molar-refractivity contribution >= 4 is 23.4 Å². The third kappa shape index (κ3) is 5.41. The number of fused-ring (bicyclic) bond motifs is 1. The molecule has 2 aromatic carbocycles. The van der Waals surface area contributed by atoms with Crippen molar-refractivity contribution in [1.29, 1.82) is 0 Å². The lowest BCUT2D eigenvalue weighted by molar-refractivity contribution is -0.124. The number of nitrogens with zero attached hydrogens (tertiary/aromatic N) is 2. The van der Waals surface area contributed by atoms with Crippen LogP contribution in [-0.2, 0) is 10.3 Å². The van der Waals surface area contributed by atoms with E-state index in [-0.39, 0.29) is 17.4 Å². The number of ether oxygens (including phenoxy) is 2. The van der Waals surface area contributed by atoms with E-state index in [2.05, 4.69) is 16.3 Å². The van der Waals surface area contributed by atoms with Crippen molar-refractivity contribution in [3.63, 3.8) is 0 Å². The first-order valence-electron chi connectivity index (χ1n) is 12.5. The third-order valence-corrected chi connectivity index (χ3v) is 7.48. The van der Waals surface area contributed by atoms with Gasteiger partial charge in [-0.2, -0.15) is 0 Å². The molecular weight excluding hydrogens is 466 g/mol. The van der Waals surface area contributed by atoms with Gasteiger partial charge in [0.15, 0.2) is 11.5 Å². The minimum absolute atomic E-state index is 0.0117. The smallest absolute Gasteiger partial charge is 0.253 e. The molecule has 0 bridgehead atoms. The number of nitrogens with one attached hydrogen (secondary N) is 1. The molecule has 35 heavy (non-hydrogen) atoms. The fraction of sp³-hybridized carbons (Fsp3) is 0.481. The molecule has 1 aliphatic carbocycles. The summed E-state index contributed by atoms with van der Waals surface area (Å²) in [6, 6.07) is 13.1. The summed E-state index contributed by atoms with van der Waals surface area (Å²) in [7, 11) is 0. The Morgan fingerprint density at radius 1 is 0.914 bits per heavy atom. The Hall–Kier alpha value is -2.77. The van der Waals surface area contributed by atoms with Crippen LogP contribution in [-0.4, -0.2) is 67.6 Å². The quantitative estimate of drug-likeness (QED) is 0.679. The highest BCUT2D eigenvalue weighted by atomic mass is 35.5. The van der Waals surface area contributed by atoms with Gasteiger partial charge in [-0.1, -0.05) is 36.6 Å². The Kier molecular flexibility index (Phi) is 7.16. The Balaban J connectivity index is 1.21. The van der Waals surface area contributed by atoms with Crippen LogP contribution in [0, 0.1) is 0 Å². The van der Waals surface area contributed by atoms with Crippen molar-refractivity contribution in [2.24, 2.45) is 0 Å². The van der Waals surface area contributed by atoms with Crippen molar-refractivity contribution in [2.75, 3.05) is 45.9 Å². The maximum atomic E-state index is 13.2. The molecule has 8 heteroatoms. The van der Waals surface area contributed by atoms with Gasteiger partial charge in [-0.25, -0.2) is 0 Å². The average Bonchev–Trinajstić information content (AvgIpc) is 3.22. The number of hydrogen-bond donors (Lipinski definition) is 1. The van der Waals surface area contributed by atoms with Crippen LogP contribution < -0.4 is 14.8 Å². The average molecular weight is 498 g/mol. The van der Waals surface area contributed by atoms with E-state index in [4.69, 9.17) is 21.1 Å². The SMILES string of the molecule is O=C(CN1CCCN(C(=O)c2cccc(Cl)c2)CC1)NC1(c2ccc3c(c2)OCCO3)CCCC1. The summed E-state index contributed by atoms with van der Waals surface area (Å²) in [5.41, 5.74) is 1.32. The molecule has 2 heterocycles. The van der Waals surface area contributed by atoms with E-state index < -0.39 is 0 Å². The maximum absolute atomic E-state index is 13.2. The molecule has 1 saturated carbocycles. The van der Waals surface area contributed by atoms with Crippen LogP contribution in [0.5, 0.6) is 11.5 Å². The normalized spacial score (nSPS) is 19.7. The largest absolute Gasteiger partial charge is 0.486 e. The number of amides is 2. The molecule has 3 aliphatic rings. The van der Waals surface area contributed by atoms with Crippen molar-refractivity contribution in [1.82, 2.24) is 15.1 Å². The molecule has 1 saturated heterocycles. The highest BCUT2D eigenvalue weighted by Crippen LogP contribution is 2.42. The second-order valence-corrected chi connectivity index (χ2v) is 10.1. The van der Waals surface area contributed by atoms with Gasteiger partial charge in [-0.05, 0) is 55.2 Å². The minimum atomic E-state index is -0.368. The summed E-state index contributed by atoms with van der Waals surface area (Å²) < 4.78 is 11.5. The number of benzene rings is 2. The molecule has 0 radical (unpaired) electrons. The summed E-state index contributed by atoms with van der Waals surface area (Å²) in [4.78, 5) is 30.1. The van der Waals surface area contributed by atoms with Crippen LogP contribution in [0.4, 0.5) is 0 Å². The first-order valence-corrected chi connectivity index (χ1v) is 12.9. The van der Waals surface area contributed by atoms with Gasteiger partial charge >= 0.3 is 0 Å². The summed E-state index contributed by atoms with van der Waals surface area (Å²) >= 11 is 6.06.